The standard InChI is InChI=1S/C28H22F3N5O2/c1-36-12-9-21-25(28(36)38)24(18-3-2-10-32-15-18)26(34-21)17-8-11-33-23(13-17)35-27(37)20(14-22(30)31)16-4-6-19(29)7-5-16/h2-13,15,20,22,34H,14H2,1H3,(H,33,35,37). The van der Waals surface area contributed by atoms with Crippen molar-refractivity contribution < 1.29 is 18.0 Å². The lowest BCUT2D eigenvalue weighted by atomic mass is 9.95. The minimum Gasteiger partial charge on any atom is -0.354 e. The normalized spacial score (nSPS) is 12.1. The van der Waals surface area contributed by atoms with Crippen LogP contribution >= 0.6 is 0 Å². The molecule has 1 unspecified atom stereocenters. The Morgan fingerprint density at radius 1 is 1.08 bits per heavy atom. The van der Waals surface area contributed by atoms with Crippen molar-refractivity contribution in [2.24, 2.45) is 7.05 Å². The SMILES string of the molecule is Cn1ccc2[nH]c(-c3ccnc(NC(=O)C(CC(F)F)c4ccc(F)cc4)c3)c(-c3cccnc3)c2c1=O. The summed E-state index contributed by atoms with van der Waals surface area (Å²) in [5.41, 5.74) is 3.27. The first-order valence-electron chi connectivity index (χ1n) is 11.7. The number of fused-ring (bicyclic) bond motifs is 1. The Bertz CT molecular complexity index is 1660. The van der Waals surface area contributed by atoms with Crippen molar-refractivity contribution in [1.29, 1.82) is 0 Å². The summed E-state index contributed by atoms with van der Waals surface area (Å²) in [5, 5.41) is 3.10. The van der Waals surface area contributed by atoms with Gasteiger partial charge in [0.2, 0.25) is 12.3 Å². The van der Waals surface area contributed by atoms with Crippen molar-refractivity contribution in [3.05, 3.63) is 101 Å². The number of hydrogen-bond acceptors (Lipinski definition) is 4. The highest BCUT2D eigenvalue weighted by molar-refractivity contribution is 6.03. The van der Waals surface area contributed by atoms with Gasteiger partial charge in [-0.1, -0.05) is 18.2 Å². The topological polar surface area (TPSA) is 92.7 Å². The maximum Gasteiger partial charge on any atom is 0.260 e. The van der Waals surface area contributed by atoms with Crippen LogP contribution in [0.5, 0.6) is 0 Å². The maximum absolute atomic E-state index is 13.4. The lowest BCUT2D eigenvalue weighted by Crippen LogP contribution is -2.23. The molecule has 2 N–H and O–H groups in total. The minimum atomic E-state index is -2.74. The Kier molecular flexibility index (Phi) is 6.78. The summed E-state index contributed by atoms with van der Waals surface area (Å²) in [6.07, 6.45) is 2.95. The number of nitrogens with one attached hydrogen (secondary N) is 2. The number of rotatable bonds is 7. The van der Waals surface area contributed by atoms with E-state index in [-0.39, 0.29) is 16.9 Å². The number of carbonyl (C=O) groups is 1. The molecule has 0 fully saturated rings. The van der Waals surface area contributed by atoms with Gasteiger partial charge >= 0.3 is 0 Å². The van der Waals surface area contributed by atoms with Gasteiger partial charge in [-0.25, -0.2) is 18.2 Å². The molecule has 0 spiro atoms. The number of benzene rings is 1. The monoisotopic (exact) mass is 517 g/mol. The van der Waals surface area contributed by atoms with Gasteiger partial charge in [0.05, 0.1) is 22.5 Å². The van der Waals surface area contributed by atoms with Crippen LogP contribution in [0.3, 0.4) is 0 Å². The van der Waals surface area contributed by atoms with Gasteiger partial charge in [0.15, 0.2) is 0 Å². The van der Waals surface area contributed by atoms with Gasteiger partial charge in [0.25, 0.3) is 5.56 Å². The average molecular weight is 518 g/mol. The predicted octanol–water partition coefficient (Wildman–Crippen LogP) is 5.51. The number of nitrogens with zero attached hydrogens (tertiary/aromatic N) is 3. The fraction of sp³-hybridized carbons (Fsp3) is 0.143. The number of pyridine rings is 3. The van der Waals surface area contributed by atoms with E-state index in [4.69, 9.17) is 0 Å². The van der Waals surface area contributed by atoms with Crippen LogP contribution in [-0.4, -0.2) is 31.9 Å². The van der Waals surface area contributed by atoms with Crippen LogP contribution in [0, 0.1) is 5.82 Å². The number of alkyl halides is 2. The van der Waals surface area contributed by atoms with E-state index in [2.05, 4.69) is 20.3 Å². The van der Waals surface area contributed by atoms with Gasteiger partial charge in [0, 0.05) is 54.9 Å². The van der Waals surface area contributed by atoms with Crippen molar-refractivity contribution in [2.45, 2.75) is 18.8 Å². The molecular weight excluding hydrogens is 495 g/mol. The number of H-pyrrole nitrogens is 1. The van der Waals surface area contributed by atoms with Crippen LogP contribution in [-0.2, 0) is 11.8 Å². The highest BCUT2D eigenvalue weighted by Gasteiger charge is 2.26. The Morgan fingerprint density at radius 2 is 1.87 bits per heavy atom. The predicted molar refractivity (Wildman–Crippen MR) is 138 cm³/mol. The zero-order valence-corrected chi connectivity index (χ0v) is 20.2. The summed E-state index contributed by atoms with van der Waals surface area (Å²) >= 11 is 0. The van der Waals surface area contributed by atoms with E-state index in [0.29, 0.717) is 33.3 Å². The van der Waals surface area contributed by atoms with Gasteiger partial charge in [-0.3, -0.25) is 14.6 Å². The van der Waals surface area contributed by atoms with Gasteiger partial charge in [-0.05, 0) is 42.0 Å². The number of halogens is 3. The lowest BCUT2D eigenvalue weighted by molar-refractivity contribution is -0.118. The first-order chi connectivity index (χ1) is 18.3. The molecule has 0 saturated heterocycles. The lowest BCUT2D eigenvalue weighted by Gasteiger charge is -2.17. The molecule has 1 amide bonds. The van der Waals surface area contributed by atoms with Crippen molar-refractivity contribution in [3.63, 3.8) is 0 Å². The maximum atomic E-state index is 13.4. The van der Waals surface area contributed by atoms with Crippen LogP contribution in [0.2, 0.25) is 0 Å². The van der Waals surface area contributed by atoms with E-state index >= 15 is 0 Å². The van der Waals surface area contributed by atoms with Crippen LogP contribution in [0.15, 0.2) is 84.2 Å². The smallest absolute Gasteiger partial charge is 0.260 e. The molecule has 4 aromatic heterocycles. The van der Waals surface area contributed by atoms with E-state index in [9.17, 15) is 22.8 Å². The molecule has 5 aromatic rings. The van der Waals surface area contributed by atoms with E-state index in [1.54, 1.807) is 49.9 Å². The van der Waals surface area contributed by atoms with E-state index < -0.39 is 30.5 Å². The van der Waals surface area contributed by atoms with Crippen molar-refractivity contribution in [3.8, 4) is 22.4 Å². The number of aromatic nitrogens is 4. The number of hydrogen-bond donors (Lipinski definition) is 2. The van der Waals surface area contributed by atoms with E-state index in [1.807, 2.05) is 6.07 Å². The zero-order valence-electron chi connectivity index (χ0n) is 20.2. The van der Waals surface area contributed by atoms with Gasteiger partial charge in [-0.15, -0.1) is 0 Å². The van der Waals surface area contributed by atoms with Crippen LogP contribution < -0.4 is 10.9 Å². The van der Waals surface area contributed by atoms with Crippen LogP contribution in [0.4, 0.5) is 19.0 Å². The summed E-state index contributed by atoms with van der Waals surface area (Å²) in [5.74, 6) is -2.29. The molecule has 0 radical (unpaired) electrons. The van der Waals surface area contributed by atoms with E-state index in [1.165, 1.54) is 22.9 Å². The molecule has 0 saturated carbocycles. The van der Waals surface area contributed by atoms with Gasteiger partial charge < -0.3 is 14.9 Å². The highest BCUT2D eigenvalue weighted by Crippen LogP contribution is 2.37. The Balaban J connectivity index is 1.55. The Morgan fingerprint density at radius 3 is 2.58 bits per heavy atom. The van der Waals surface area contributed by atoms with Gasteiger partial charge in [-0.2, -0.15) is 0 Å². The van der Waals surface area contributed by atoms with Crippen LogP contribution in [0.25, 0.3) is 33.3 Å². The van der Waals surface area contributed by atoms with E-state index in [0.717, 1.165) is 12.1 Å². The molecule has 10 heteroatoms. The molecule has 192 valence electrons. The second-order valence-electron chi connectivity index (χ2n) is 8.79. The quantitative estimate of drug-likeness (QED) is 0.298. The number of aryl methyl sites for hydroxylation is 1. The third-order valence-corrected chi connectivity index (χ3v) is 6.28. The molecule has 5 rings (SSSR count). The highest BCUT2D eigenvalue weighted by atomic mass is 19.3. The largest absolute Gasteiger partial charge is 0.354 e. The number of amides is 1. The summed E-state index contributed by atoms with van der Waals surface area (Å²) < 4.78 is 41.4. The summed E-state index contributed by atoms with van der Waals surface area (Å²) in [7, 11) is 1.67. The molecule has 1 atom stereocenters. The van der Waals surface area contributed by atoms with Crippen molar-refractivity contribution >= 4 is 22.6 Å². The molecule has 1 aromatic carbocycles. The number of aromatic amines is 1. The fourth-order valence-corrected chi connectivity index (χ4v) is 4.45. The summed E-state index contributed by atoms with van der Waals surface area (Å²) in [6.45, 7) is 0. The Hall–Kier alpha value is -4.73. The minimum absolute atomic E-state index is 0.137. The molecular formula is C28H22F3N5O2. The molecule has 0 aliphatic carbocycles. The zero-order chi connectivity index (χ0) is 26.8. The first-order valence-corrected chi connectivity index (χ1v) is 11.7. The molecule has 0 aliphatic rings. The second-order valence-corrected chi connectivity index (χ2v) is 8.79. The molecule has 0 aliphatic heterocycles. The fourth-order valence-electron chi connectivity index (χ4n) is 4.45. The second kappa shape index (κ2) is 10.3. The number of carbonyl (C=O) groups excluding carboxylic acids is 1. The summed E-state index contributed by atoms with van der Waals surface area (Å²) in [6, 6.07) is 13.6. The van der Waals surface area contributed by atoms with Gasteiger partial charge in [0.1, 0.15) is 11.6 Å². The molecule has 0 bridgehead atoms. The molecule has 7 nitrogen and oxygen atoms in total. The number of anilines is 1. The van der Waals surface area contributed by atoms with Crippen molar-refractivity contribution in [1.82, 2.24) is 19.5 Å². The third-order valence-electron chi connectivity index (χ3n) is 6.28. The average Bonchev–Trinajstić information content (AvgIpc) is 3.31. The summed E-state index contributed by atoms with van der Waals surface area (Å²) in [4.78, 5) is 37.8. The van der Waals surface area contributed by atoms with Crippen molar-refractivity contribution in [2.75, 3.05) is 5.32 Å². The molecule has 38 heavy (non-hydrogen) atoms. The third kappa shape index (κ3) is 4.93. The Labute approximate surface area is 215 Å². The first kappa shape index (κ1) is 24.9. The van der Waals surface area contributed by atoms with Crippen LogP contribution in [0.1, 0.15) is 17.9 Å². The molecule has 4 heterocycles.